The minimum atomic E-state index is -0.985. The van der Waals surface area contributed by atoms with E-state index in [9.17, 15) is 14.4 Å². The molecule has 4 rings (SSSR count). The lowest BCUT2D eigenvalue weighted by Crippen LogP contribution is -2.30. The summed E-state index contributed by atoms with van der Waals surface area (Å²) in [5.41, 5.74) is 2.34. The number of carboxylic acids is 1. The molecule has 1 saturated heterocycles. The second kappa shape index (κ2) is 9.60. The molecule has 9 heteroatoms. The molecule has 0 unspecified atom stereocenters. The molecular formula is C24H16Br2N2O5. The van der Waals surface area contributed by atoms with Gasteiger partial charge in [0.05, 0.1) is 20.2 Å². The monoisotopic (exact) mass is 570 g/mol. The highest BCUT2D eigenvalue weighted by atomic mass is 79.9. The Labute approximate surface area is 205 Å². The molecule has 1 heterocycles. The van der Waals surface area contributed by atoms with Crippen LogP contribution in [0.25, 0.3) is 6.08 Å². The summed E-state index contributed by atoms with van der Waals surface area (Å²) in [5, 5.41) is 11.6. The van der Waals surface area contributed by atoms with Crippen LogP contribution in [0.2, 0.25) is 0 Å². The Balaban J connectivity index is 1.51. The van der Waals surface area contributed by atoms with Crippen molar-refractivity contribution in [2.75, 3.05) is 4.90 Å². The largest absolute Gasteiger partial charge is 0.487 e. The van der Waals surface area contributed by atoms with Gasteiger partial charge in [-0.05, 0) is 85.5 Å². The lowest BCUT2D eigenvalue weighted by molar-refractivity contribution is -0.113. The van der Waals surface area contributed by atoms with Crippen LogP contribution in [0.1, 0.15) is 21.5 Å². The van der Waals surface area contributed by atoms with Crippen molar-refractivity contribution >= 4 is 61.5 Å². The zero-order chi connectivity index (χ0) is 23.5. The molecule has 0 bridgehead atoms. The molecule has 33 heavy (non-hydrogen) atoms. The standard InChI is InChI=1S/C24H16Br2N2O5/c25-18-10-15(12-20-22(29)28(24(32)27-20)17-4-2-1-3-5-17)11-19(26)21(18)33-13-14-6-8-16(9-7-14)23(30)31/h1-12H,13H2,(H,27,32)(H,30,31)/b20-12+. The van der Waals surface area contributed by atoms with E-state index >= 15 is 0 Å². The number of aromatic carboxylic acids is 1. The highest BCUT2D eigenvalue weighted by Gasteiger charge is 2.34. The van der Waals surface area contributed by atoms with Crippen molar-refractivity contribution in [2.45, 2.75) is 6.61 Å². The number of carbonyl (C=O) groups is 3. The fourth-order valence-electron chi connectivity index (χ4n) is 3.21. The van der Waals surface area contributed by atoms with Gasteiger partial charge in [0.15, 0.2) is 0 Å². The van der Waals surface area contributed by atoms with Gasteiger partial charge in [0.1, 0.15) is 18.1 Å². The van der Waals surface area contributed by atoms with Crippen molar-refractivity contribution in [3.63, 3.8) is 0 Å². The molecular weight excluding hydrogens is 556 g/mol. The Hall–Kier alpha value is -3.43. The van der Waals surface area contributed by atoms with Gasteiger partial charge in [-0.25, -0.2) is 14.5 Å². The number of anilines is 1. The first-order valence-electron chi connectivity index (χ1n) is 9.70. The van der Waals surface area contributed by atoms with Crippen LogP contribution in [-0.4, -0.2) is 23.0 Å². The number of nitrogens with one attached hydrogen (secondary N) is 1. The highest BCUT2D eigenvalue weighted by Crippen LogP contribution is 2.36. The van der Waals surface area contributed by atoms with E-state index in [1.807, 2.05) is 6.07 Å². The van der Waals surface area contributed by atoms with Gasteiger partial charge in [-0.15, -0.1) is 0 Å². The average Bonchev–Trinajstić information content (AvgIpc) is 3.06. The van der Waals surface area contributed by atoms with Gasteiger partial charge >= 0.3 is 12.0 Å². The number of halogens is 2. The normalized spacial score (nSPS) is 14.5. The molecule has 166 valence electrons. The summed E-state index contributed by atoms with van der Waals surface area (Å²) < 4.78 is 7.17. The molecule has 0 saturated carbocycles. The topological polar surface area (TPSA) is 95.9 Å². The smallest absolute Gasteiger partial charge is 0.335 e. The van der Waals surface area contributed by atoms with Crippen LogP contribution in [-0.2, 0) is 11.4 Å². The van der Waals surface area contributed by atoms with E-state index in [4.69, 9.17) is 9.84 Å². The third-order valence-corrected chi connectivity index (χ3v) is 5.99. The van der Waals surface area contributed by atoms with Crippen molar-refractivity contribution in [1.82, 2.24) is 5.32 Å². The first kappa shape index (κ1) is 22.8. The predicted molar refractivity (Wildman–Crippen MR) is 130 cm³/mol. The predicted octanol–water partition coefficient (Wildman–Crippen LogP) is 5.59. The van der Waals surface area contributed by atoms with Gasteiger partial charge in [0.25, 0.3) is 5.91 Å². The molecule has 0 aromatic heterocycles. The maximum atomic E-state index is 12.8. The Kier molecular flexibility index (Phi) is 6.62. The average molecular weight is 572 g/mol. The van der Waals surface area contributed by atoms with Crippen LogP contribution >= 0.6 is 31.9 Å². The zero-order valence-electron chi connectivity index (χ0n) is 16.9. The van der Waals surface area contributed by atoms with Crippen molar-refractivity contribution in [2.24, 2.45) is 0 Å². The number of urea groups is 1. The van der Waals surface area contributed by atoms with Crippen LogP contribution < -0.4 is 15.0 Å². The molecule has 1 aliphatic heterocycles. The molecule has 7 nitrogen and oxygen atoms in total. The molecule has 0 atom stereocenters. The van der Waals surface area contributed by atoms with Crippen molar-refractivity contribution in [3.8, 4) is 5.75 Å². The summed E-state index contributed by atoms with van der Waals surface area (Å²) in [4.78, 5) is 37.2. The summed E-state index contributed by atoms with van der Waals surface area (Å²) >= 11 is 6.96. The SMILES string of the molecule is O=C(O)c1ccc(COc2c(Br)cc(/C=C3/NC(=O)N(c4ccccc4)C3=O)cc2Br)cc1. The van der Waals surface area contributed by atoms with E-state index < -0.39 is 17.9 Å². The lowest BCUT2D eigenvalue weighted by Gasteiger charge is -2.12. The third kappa shape index (κ3) is 4.99. The van der Waals surface area contributed by atoms with Gasteiger partial charge in [0, 0.05) is 0 Å². The number of amides is 3. The second-order valence-corrected chi connectivity index (χ2v) is 8.78. The molecule has 2 N–H and O–H groups in total. The Morgan fingerprint density at radius 3 is 2.24 bits per heavy atom. The van der Waals surface area contributed by atoms with Gasteiger partial charge in [-0.2, -0.15) is 0 Å². The number of nitrogens with zero attached hydrogens (tertiary/aromatic N) is 1. The number of hydrogen-bond acceptors (Lipinski definition) is 4. The Bertz CT molecular complexity index is 1250. The first-order valence-corrected chi connectivity index (χ1v) is 11.3. The van der Waals surface area contributed by atoms with E-state index in [0.29, 0.717) is 25.9 Å². The Morgan fingerprint density at radius 2 is 1.64 bits per heavy atom. The van der Waals surface area contributed by atoms with Gasteiger partial charge in [-0.1, -0.05) is 30.3 Å². The van der Waals surface area contributed by atoms with Gasteiger partial charge in [-0.3, -0.25) is 4.79 Å². The summed E-state index contributed by atoms with van der Waals surface area (Å²) in [7, 11) is 0. The molecule has 0 aliphatic carbocycles. The summed E-state index contributed by atoms with van der Waals surface area (Å²) in [6, 6.07) is 18.1. The minimum absolute atomic E-state index is 0.162. The van der Waals surface area contributed by atoms with Crippen LogP contribution in [0.5, 0.6) is 5.75 Å². The summed E-state index contributed by atoms with van der Waals surface area (Å²) in [6.45, 7) is 0.234. The van der Waals surface area contributed by atoms with E-state index in [-0.39, 0.29) is 17.9 Å². The molecule has 1 fully saturated rings. The highest BCUT2D eigenvalue weighted by molar-refractivity contribution is 9.11. The summed E-state index contributed by atoms with van der Waals surface area (Å²) in [6.07, 6.45) is 1.59. The first-order chi connectivity index (χ1) is 15.8. The van der Waals surface area contributed by atoms with E-state index in [1.165, 1.54) is 12.1 Å². The Morgan fingerprint density at radius 1 is 1.00 bits per heavy atom. The maximum absolute atomic E-state index is 12.8. The number of hydrogen-bond donors (Lipinski definition) is 2. The second-order valence-electron chi connectivity index (χ2n) is 7.07. The van der Waals surface area contributed by atoms with Crippen LogP contribution in [0.15, 0.2) is 81.4 Å². The minimum Gasteiger partial charge on any atom is -0.487 e. The zero-order valence-corrected chi connectivity index (χ0v) is 20.1. The quantitative estimate of drug-likeness (QED) is 0.297. The van der Waals surface area contributed by atoms with Crippen LogP contribution in [0.4, 0.5) is 10.5 Å². The van der Waals surface area contributed by atoms with Crippen LogP contribution in [0, 0.1) is 0 Å². The van der Waals surface area contributed by atoms with Crippen molar-refractivity contribution in [1.29, 1.82) is 0 Å². The van der Waals surface area contributed by atoms with Crippen LogP contribution in [0.3, 0.4) is 0 Å². The van der Waals surface area contributed by atoms with Crippen molar-refractivity contribution < 1.29 is 24.2 Å². The van der Waals surface area contributed by atoms with Gasteiger partial charge < -0.3 is 15.2 Å². The number of rotatable bonds is 6. The molecule has 3 aromatic rings. The number of carbonyl (C=O) groups excluding carboxylic acids is 2. The number of imide groups is 1. The van der Waals surface area contributed by atoms with E-state index in [1.54, 1.807) is 54.6 Å². The molecule has 0 radical (unpaired) electrons. The number of para-hydroxylation sites is 1. The molecule has 1 aliphatic rings. The van der Waals surface area contributed by atoms with Crippen molar-refractivity contribution in [3.05, 3.63) is 98.1 Å². The third-order valence-electron chi connectivity index (χ3n) is 4.81. The summed E-state index contributed by atoms with van der Waals surface area (Å²) in [5.74, 6) is -0.878. The molecule has 3 amide bonds. The fraction of sp³-hybridized carbons (Fsp3) is 0.0417. The number of carboxylic acid groups (broad SMARTS) is 1. The fourth-order valence-corrected chi connectivity index (χ4v) is 4.66. The number of benzene rings is 3. The lowest BCUT2D eigenvalue weighted by atomic mass is 10.1. The van der Waals surface area contributed by atoms with Gasteiger partial charge in [0.2, 0.25) is 0 Å². The number of ether oxygens (including phenoxy) is 1. The molecule has 3 aromatic carbocycles. The maximum Gasteiger partial charge on any atom is 0.335 e. The molecule has 0 spiro atoms. The van der Waals surface area contributed by atoms with E-state index in [0.717, 1.165) is 10.5 Å². The van der Waals surface area contributed by atoms with E-state index in [2.05, 4.69) is 37.2 Å².